The van der Waals surface area contributed by atoms with Gasteiger partial charge < -0.3 is 9.15 Å². The number of nitrogens with zero attached hydrogens (tertiary/aromatic N) is 1. The van der Waals surface area contributed by atoms with Crippen molar-refractivity contribution in [2.24, 2.45) is 0 Å². The SMILES string of the molecule is CCOc1ccc(-c2nc(CS(=O)(=O)CC(=O)CCc3ccc(F)cc3)c(C)o2)cc1. The summed E-state index contributed by atoms with van der Waals surface area (Å²) < 4.78 is 49.0. The molecule has 0 spiro atoms. The van der Waals surface area contributed by atoms with Crippen molar-refractivity contribution in [3.8, 4) is 17.2 Å². The Morgan fingerprint density at radius 1 is 1.10 bits per heavy atom. The molecule has 1 heterocycles. The molecule has 0 aliphatic carbocycles. The molecule has 0 bridgehead atoms. The van der Waals surface area contributed by atoms with Crippen molar-refractivity contribution in [3.63, 3.8) is 0 Å². The highest BCUT2D eigenvalue weighted by molar-refractivity contribution is 7.91. The molecular weight excluding hydrogens is 421 g/mol. The Morgan fingerprint density at radius 3 is 2.42 bits per heavy atom. The summed E-state index contributed by atoms with van der Waals surface area (Å²) in [6.45, 7) is 4.10. The van der Waals surface area contributed by atoms with Gasteiger partial charge in [0.25, 0.3) is 0 Å². The van der Waals surface area contributed by atoms with Crippen LogP contribution in [0.15, 0.2) is 52.9 Å². The lowest BCUT2D eigenvalue weighted by Gasteiger charge is -2.04. The van der Waals surface area contributed by atoms with Gasteiger partial charge in [0, 0.05) is 12.0 Å². The molecule has 2 aromatic carbocycles. The molecule has 0 aliphatic heterocycles. The van der Waals surface area contributed by atoms with Gasteiger partial charge in [-0.25, -0.2) is 17.8 Å². The normalized spacial score (nSPS) is 11.5. The number of halogens is 1. The number of hydrogen-bond donors (Lipinski definition) is 0. The first-order valence-corrected chi connectivity index (χ1v) is 11.7. The fraction of sp³-hybridized carbons (Fsp3) is 0.304. The number of hydrogen-bond acceptors (Lipinski definition) is 6. The molecule has 0 radical (unpaired) electrons. The van der Waals surface area contributed by atoms with Crippen LogP contribution in [0.4, 0.5) is 4.39 Å². The molecule has 31 heavy (non-hydrogen) atoms. The van der Waals surface area contributed by atoms with Gasteiger partial charge in [-0.05, 0) is 62.2 Å². The Kier molecular flexibility index (Phi) is 7.22. The molecule has 1 aromatic heterocycles. The Bertz CT molecular complexity index is 1140. The van der Waals surface area contributed by atoms with Gasteiger partial charge >= 0.3 is 0 Å². The third kappa shape index (κ3) is 6.49. The number of benzene rings is 2. The van der Waals surface area contributed by atoms with Crippen molar-refractivity contribution in [2.45, 2.75) is 32.4 Å². The molecule has 0 N–H and O–H groups in total. The van der Waals surface area contributed by atoms with E-state index in [0.29, 0.717) is 30.2 Å². The molecule has 0 unspecified atom stereocenters. The van der Waals surface area contributed by atoms with Gasteiger partial charge in [0.15, 0.2) is 9.84 Å². The number of sulfone groups is 1. The Labute approximate surface area is 181 Å². The molecule has 0 saturated carbocycles. The van der Waals surface area contributed by atoms with E-state index in [4.69, 9.17) is 9.15 Å². The van der Waals surface area contributed by atoms with Crippen LogP contribution in [-0.2, 0) is 26.8 Å². The van der Waals surface area contributed by atoms with Crippen LogP contribution in [0.5, 0.6) is 5.75 Å². The lowest BCUT2D eigenvalue weighted by Crippen LogP contribution is -2.18. The number of oxazole rings is 1. The predicted octanol–water partition coefficient (Wildman–Crippen LogP) is 4.30. The second-order valence-electron chi connectivity index (χ2n) is 7.18. The van der Waals surface area contributed by atoms with Gasteiger partial charge in [-0.3, -0.25) is 4.79 Å². The molecule has 6 nitrogen and oxygen atoms in total. The van der Waals surface area contributed by atoms with Gasteiger partial charge in [-0.1, -0.05) is 12.1 Å². The summed E-state index contributed by atoms with van der Waals surface area (Å²) in [5, 5.41) is 0. The number of aryl methyl sites for hydroxylation is 2. The zero-order chi connectivity index (χ0) is 22.4. The highest BCUT2D eigenvalue weighted by Gasteiger charge is 2.22. The topological polar surface area (TPSA) is 86.5 Å². The highest BCUT2D eigenvalue weighted by atomic mass is 32.2. The smallest absolute Gasteiger partial charge is 0.226 e. The number of carbonyl (C=O) groups excluding carboxylic acids is 1. The minimum absolute atomic E-state index is 0.0695. The van der Waals surface area contributed by atoms with E-state index in [-0.39, 0.29) is 23.7 Å². The van der Waals surface area contributed by atoms with Crippen molar-refractivity contribution in [1.82, 2.24) is 4.98 Å². The van der Waals surface area contributed by atoms with Crippen molar-refractivity contribution in [1.29, 1.82) is 0 Å². The zero-order valence-electron chi connectivity index (χ0n) is 17.4. The van der Waals surface area contributed by atoms with Crippen LogP contribution in [0.1, 0.15) is 30.4 Å². The minimum Gasteiger partial charge on any atom is -0.494 e. The first-order chi connectivity index (χ1) is 14.8. The maximum Gasteiger partial charge on any atom is 0.226 e. The summed E-state index contributed by atoms with van der Waals surface area (Å²) in [6, 6.07) is 12.9. The number of rotatable bonds is 10. The lowest BCUT2D eigenvalue weighted by molar-refractivity contribution is -0.116. The van der Waals surface area contributed by atoms with E-state index in [1.54, 1.807) is 43.3 Å². The molecule has 0 fully saturated rings. The molecule has 0 saturated heterocycles. The van der Waals surface area contributed by atoms with E-state index >= 15 is 0 Å². The maximum atomic E-state index is 12.9. The van der Waals surface area contributed by atoms with E-state index in [0.717, 1.165) is 11.3 Å². The van der Waals surface area contributed by atoms with E-state index < -0.39 is 21.4 Å². The monoisotopic (exact) mass is 445 g/mol. The second-order valence-corrected chi connectivity index (χ2v) is 9.24. The van der Waals surface area contributed by atoms with Crippen molar-refractivity contribution in [3.05, 3.63) is 71.4 Å². The molecular formula is C23H24FNO5S. The fourth-order valence-electron chi connectivity index (χ4n) is 3.06. The fourth-order valence-corrected chi connectivity index (χ4v) is 4.48. The molecule has 164 valence electrons. The summed E-state index contributed by atoms with van der Waals surface area (Å²) in [4.78, 5) is 16.5. The molecule has 3 rings (SSSR count). The molecule has 0 aliphatic rings. The number of ether oxygens (including phenoxy) is 1. The van der Waals surface area contributed by atoms with Crippen LogP contribution in [0, 0.1) is 12.7 Å². The van der Waals surface area contributed by atoms with Crippen molar-refractivity contribution >= 4 is 15.6 Å². The Hall–Kier alpha value is -3.00. The minimum atomic E-state index is -3.70. The summed E-state index contributed by atoms with van der Waals surface area (Å²) in [5.41, 5.74) is 1.76. The van der Waals surface area contributed by atoms with Crippen LogP contribution < -0.4 is 4.74 Å². The maximum absolute atomic E-state index is 12.9. The predicted molar refractivity (Wildman–Crippen MR) is 115 cm³/mol. The first-order valence-electron chi connectivity index (χ1n) is 9.92. The van der Waals surface area contributed by atoms with Gasteiger partial charge in [0.05, 0.1) is 18.1 Å². The highest BCUT2D eigenvalue weighted by Crippen LogP contribution is 2.25. The summed E-state index contributed by atoms with van der Waals surface area (Å²) in [6.07, 6.45) is 0.430. The van der Waals surface area contributed by atoms with E-state index in [2.05, 4.69) is 4.98 Å². The van der Waals surface area contributed by atoms with Crippen molar-refractivity contribution in [2.75, 3.05) is 12.4 Å². The van der Waals surface area contributed by atoms with Crippen LogP contribution >= 0.6 is 0 Å². The van der Waals surface area contributed by atoms with Crippen LogP contribution in [0.2, 0.25) is 0 Å². The van der Waals surface area contributed by atoms with Crippen LogP contribution in [0.25, 0.3) is 11.5 Å². The number of ketones is 1. The van der Waals surface area contributed by atoms with Crippen molar-refractivity contribution < 1.29 is 26.8 Å². The third-order valence-electron chi connectivity index (χ3n) is 4.65. The van der Waals surface area contributed by atoms with Gasteiger partial charge in [-0.2, -0.15) is 0 Å². The van der Waals surface area contributed by atoms with E-state index in [1.165, 1.54) is 12.1 Å². The Balaban J connectivity index is 1.61. The number of aromatic nitrogens is 1. The number of Topliss-reactive ketones (excluding diaryl/α,β-unsaturated/α-hetero) is 1. The van der Waals surface area contributed by atoms with Gasteiger partial charge in [0.1, 0.15) is 28.9 Å². The Morgan fingerprint density at radius 2 is 1.77 bits per heavy atom. The zero-order valence-corrected chi connectivity index (χ0v) is 18.2. The lowest BCUT2D eigenvalue weighted by atomic mass is 10.1. The second kappa shape index (κ2) is 9.87. The summed E-state index contributed by atoms with van der Waals surface area (Å²) in [7, 11) is -3.70. The number of carbonyl (C=O) groups is 1. The first kappa shape index (κ1) is 22.7. The molecule has 0 atom stereocenters. The van der Waals surface area contributed by atoms with Crippen LogP contribution in [-0.4, -0.2) is 31.5 Å². The summed E-state index contributed by atoms with van der Waals surface area (Å²) in [5.74, 6) is -0.265. The average molecular weight is 446 g/mol. The quantitative estimate of drug-likeness (QED) is 0.462. The van der Waals surface area contributed by atoms with Crippen LogP contribution in [0.3, 0.4) is 0 Å². The molecule has 8 heteroatoms. The van der Waals surface area contributed by atoms with E-state index in [9.17, 15) is 17.6 Å². The van der Waals surface area contributed by atoms with Gasteiger partial charge in [0.2, 0.25) is 5.89 Å². The summed E-state index contributed by atoms with van der Waals surface area (Å²) >= 11 is 0. The third-order valence-corrected chi connectivity index (χ3v) is 6.12. The molecule has 0 amide bonds. The molecule has 3 aromatic rings. The van der Waals surface area contributed by atoms with Gasteiger partial charge in [-0.15, -0.1) is 0 Å². The largest absolute Gasteiger partial charge is 0.494 e. The van der Waals surface area contributed by atoms with E-state index in [1.807, 2.05) is 6.92 Å². The average Bonchev–Trinajstić information content (AvgIpc) is 3.07. The standard InChI is InChI=1S/C23H24FNO5S/c1-3-29-21-12-7-18(8-13-21)23-25-22(16(2)30-23)15-31(27,28)14-20(26)11-6-17-4-9-19(24)10-5-17/h4-5,7-10,12-13H,3,6,11,14-15H2,1-2H3.